The van der Waals surface area contributed by atoms with Crippen LogP contribution in [0.2, 0.25) is 0 Å². The summed E-state index contributed by atoms with van der Waals surface area (Å²) in [7, 11) is 0. The number of piperidine rings is 1. The number of H-pyrrole nitrogens is 1. The number of aromatic nitrogens is 5. The molecule has 1 N–H and O–H groups in total. The molecule has 170 valence electrons. The van der Waals surface area contributed by atoms with Gasteiger partial charge < -0.3 is 14.7 Å². The second-order valence-electron chi connectivity index (χ2n) is 8.33. The summed E-state index contributed by atoms with van der Waals surface area (Å²) in [6, 6.07) is 7.28. The van der Waals surface area contributed by atoms with Gasteiger partial charge in [0.25, 0.3) is 5.91 Å². The molecule has 2 fully saturated rings. The van der Waals surface area contributed by atoms with Crippen molar-refractivity contribution in [1.29, 1.82) is 0 Å². The molecule has 2 aliphatic rings. The SMILES string of the molecule is O=C(c1cc(-c2ccncc2)n[nH]1)N1CCC(C(=O)N2CCN(c3ncccn3)CC2)CC1. The van der Waals surface area contributed by atoms with Gasteiger partial charge >= 0.3 is 0 Å². The van der Waals surface area contributed by atoms with Gasteiger partial charge in [-0.1, -0.05) is 0 Å². The number of carbonyl (C=O) groups is 2. The van der Waals surface area contributed by atoms with E-state index in [4.69, 9.17) is 0 Å². The van der Waals surface area contributed by atoms with Gasteiger partial charge in [0.05, 0.1) is 5.69 Å². The van der Waals surface area contributed by atoms with Crippen molar-refractivity contribution < 1.29 is 9.59 Å². The van der Waals surface area contributed by atoms with Crippen LogP contribution >= 0.6 is 0 Å². The third-order valence-electron chi connectivity index (χ3n) is 6.34. The first-order valence-corrected chi connectivity index (χ1v) is 11.2. The normalized spacial score (nSPS) is 17.3. The molecule has 2 saturated heterocycles. The lowest BCUT2D eigenvalue weighted by atomic mass is 9.94. The number of likely N-dealkylation sites (tertiary alicyclic amines) is 1. The number of hydrogen-bond acceptors (Lipinski definition) is 7. The van der Waals surface area contributed by atoms with E-state index >= 15 is 0 Å². The van der Waals surface area contributed by atoms with Crippen LogP contribution in [0.25, 0.3) is 11.3 Å². The first-order valence-electron chi connectivity index (χ1n) is 11.2. The molecule has 33 heavy (non-hydrogen) atoms. The molecule has 0 aliphatic carbocycles. The van der Waals surface area contributed by atoms with Gasteiger partial charge in [-0.05, 0) is 37.1 Å². The summed E-state index contributed by atoms with van der Waals surface area (Å²) in [6.07, 6.45) is 8.22. The number of hydrogen-bond donors (Lipinski definition) is 1. The van der Waals surface area contributed by atoms with Gasteiger partial charge in [0.1, 0.15) is 5.69 Å². The molecule has 10 nitrogen and oxygen atoms in total. The molecular weight excluding hydrogens is 420 g/mol. The van der Waals surface area contributed by atoms with Crippen LogP contribution in [-0.4, -0.2) is 86.0 Å². The van der Waals surface area contributed by atoms with Crippen molar-refractivity contribution in [3.8, 4) is 11.3 Å². The predicted molar refractivity (Wildman–Crippen MR) is 121 cm³/mol. The zero-order valence-electron chi connectivity index (χ0n) is 18.3. The fraction of sp³-hybridized carbons (Fsp3) is 0.391. The molecule has 0 bridgehead atoms. The summed E-state index contributed by atoms with van der Waals surface area (Å²) in [5, 5.41) is 7.11. The topological polar surface area (TPSA) is 111 Å². The average molecular weight is 447 g/mol. The van der Waals surface area contributed by atoms with Crippen molar-refractivity contribution >= 4 is 17.8 Å². The lowest BCUT2D eigenvalue weighted by Gasteiger charge is -2.38. The number of rotatable bonds is 4. The maximum absolute atomic E-state index is 13.1. The van der Waals surface area contributed by atoms with E-state index in [1.807, 2.05) is 17.0 Å². The van der Waals surface area contributed by atoms with Crippen LogP contribution < -0.4 is 4.90 Å². The quantitative estimate of drug-likeness (QED) is 0.646. The molecule has 3 aromatic heterocycles. The minimum absolute atomic E-state index is 0.0391. The number of nitrogens with zero attached hydrogens (tertiary/aromatic N) is 7. The van der Waals surface area contributed by atoms with Crippen molar-refractivity contribution in [3.63, 3.8) is 0 Å². The lowest BCUT2D eigenvalue weighted by Crippen LogP contribution is -2.52. The largest absolute Gasteiger partial charge is 0.339 e. The number of pyridine rings is 1. The summed E-state index contributed by atoms with van der Waals surface area (Å²) in [5.41, 5.74) is 2.08. The summed E-state index contributed by atoms with van der Waals surface area (Å²) in [5.74, 6) is 0.785. The molecule has 0 unspecified atom stereocenters. The van der Waals surface area contributed by atoms with Crippen LogP contribution in [0.3, 0.4) is 0 Å². The van der Waals surface area contributed by atoms with Crippen LogP contribution in [0.5, 0.6) is 0 Å². The van der Waals surface area contributed by atoms with Crippen molar-refractivity contribution in [2.24, 2.45) is 5.92 Å². The summed E-state index contributed by atoms with van der Waals surface area (Å²) in [6.45, 7) is 3.93. The van der Waals surface area contributed by atoms with E-state index in [1.54, 1.807) is 41.8 Å². The second kappa shape index (κ2) is 9.35. The third-order valence-corrected chi connectivity index (χ3v) is 6.34. The van der Waals surface area contributed by atoms with Gasteiger partial charge in [-0.15, -0.1) is 0 Å². The molecule has 2 amide bonds. The smallest absolute Gasteiger partial charge is 0.271 e. The van der Waals surface area contributed by atoms with Crippen LogP contribution in [0.1, 0.15) is 23.3 Å². The summed E-state index contributed by atoms with van der Waals surface area (Å²) in [4.78, 5) is 44.4. The van der Waals surface area contributed by atoms with Crippen molar-refractivity contribution in [2.75, 3.05) is 44.2 Å². The molecule has 0 radical (unpaired) electrons. The van der Waals surface area contributed by atoms with Gasteiger partial charge in [0, 0.05) is 75.5 Å². The van der Waals surface area contributed by atoms with Gasteiger partial charge in [-0.3, -0.25) is 19.7 Å². The predicted octanol–water partition coefficient (Wildman–Crippen LogP) is 1.46. The Balaban J connectivity index is 1.13. The molecule has 0 atom stereocenters. The van der Waals surface area contributed by atoms with Crippen LogP contribution in [-0.2, 0) is 4.79 Å². The molecule has 0 saturated carbocycles. The van der Waals surface area contributed by atoms with Crippen LogP contribution in [0.15, 0.2) is 49.1 Å². The minimum Gasteiger partial charge on any atom is -0.339 e. The molecule has 5 heterocycles. The number of amides is 2. The molecular formula is C23H26N8O2. The maximum Gasteiger partial charge on any atom is 0.271 e. The van der Waals surface area contributed by atoms with E-state index in [1.165, 1.54) is 0 Å². The van der Waals surface area contributed by atoms with E-state index in [0.717, 1.165) is 18.7 Å². The highest BCUT2D eigenvalue weighted by molar-refractivity contribution is 5.93. The highest BCUT2D eigenvalue weighted by atomic mass is 16.2. The summed E-state index contributed by atoms with van der Waals surface area (Å²) < 4.78 is 0. The fourth-order valence-electron chi connectivity index (χ4n) is 4.44. The Morgan fingerprint density at radius 3 is 2.27 bits per heavy atom. The Bertz CT molecular complexity index is 1090. The van der Waals surface area contributed by atoms with Gasteiger partial charge in [-0.25, -0.2) is 9.97 Å². The zero-order valence-corrected chi connectivity index (χ0v) is 18.3. The number of piperazine rings is 1. The number of carbonyl (C=O) groups excluding carboxylic acids is 2. The minimum atomic E-state index is -0.0785. The van der Waals surface area contributed by atoms with Gasteiger partial charge in [0.15, 0.2) is 0 Å². The Morgan fingerprint density at radius 2 is 1.58 bits per heavy atom. The Kier molecular flexibility index (Phi) is 5.97. The van der Waals surface area contributed by atoms with E-state index in [2.05, 4.69) is 30.0 Å². The first-order chi connectivity index (χ1) is 16.2. The van der Waals surface area contributed by atoms with Crippen molar-refractivity contribution in [2.45, 2.75) is 12.8 Å². The van der Waals surface area contributed by atoms with Crippen LogP contribution in [0, 0.1) is 5.92 Å². The Morgan fingerprint density at radius 1 is 0.879 bits per heavy atom. The molecule has 0 spiro atoms. The Hall–Kier alpha value is -3.82. The second-order valence-corrected chi connectivity index (χ2v) is 8.33. The third kappa shape index (κ3) is 4.55. The first kappa shape index (κ1) is 21.0. The van der Waals surface area contributed by atoms with E-state index in [-0.39, 0.29) is 17.7 Å². The van der Waals surface area contributed by atoms with E-state index in [9.17, 15) is 9.59 Å². The Labute approximate surface area is 191 Å². The lowest BCUT2D eigenvalue weighted by molar-refractivity contribution is -0.137. The van der Waals surface area contributed by atoms with Crippen LogP contribution in [0.4, 0.5) is 5.95 Å². The zero-order chi connectivity index (χ0) is 22.6. The van der Waals surface area contributed by atoms with Gasteiger partial charge in [0.2, 0.25) is 11.9 Å². The molecule has 5 rings (SSSR count). The van der Waals surface area contributed by atoms with E-state index < -0.39 is 0 Å². The molecule has 0 aromatic carbocycles. The monoisotopic (exact) mass is 446 g/mol. The number of anilines is 1. The van der Waals surface area contributed by atoms with Gasteiger partial charge in [-0.2, -0.15) is 5.10 Å². The maximum atomic E-state index is 13.1. The van der Waals surface area contributed by atoms with Crippen molar-refractivity contribution in [3.05, 3.63) is 54.7 Å². The molecule has 3 aromatic rings. The number of aromatic amines is 1. The molecule has 2 aliphatic heterocycles. The fourth-order valence-corrected chi connectivity index (χ4v) is 4.44. The van der Waals surface area contributed by atoms with Crippen molar-refractivity contribution in [1.82, 2.24) is 34.9 Å². The highest BCUT2D eigenvalue weighted by Crippen LogP contribution is 2.23. The molecule has 10 heteroatoms. The highest BCUT2D eigenvalue weighted by Gasteiger charge is 2.32. The van der Waals surface area contributed by atoms with E-state index in [0.29, 0.717) is 56.4 Å². The summed E-state index contributed by atoms with van der Waals surface area (Å²) >= 11 is 0. The average Bonchev–Trinajstić information content (AvgIpc) is 3.40. The number of nitrogens with one attached hydrogen (secondary N) is 1. The standard InChI is InChI=1S/C23H26N8O2/c32-21(30-12-14-31(15-13-30)23-25-6-1-7-26-23)18-4-10-29(11-5-18)22(33)20-16-19(27-28-20)17-2-8-24-9-3-17/h1-3,6-9,16,18H,4-5,10-15H2,(H,27,28).